The van der Waals surface area contributed by atoms with Gasteiger partial charge in [-0.15, -0.1) is 11.3 Å². The van der Waals surface area contributed by atoms with Crippen molar-refractivity contribution in [2.45, 2.75) is 6.42 Å². The zero-order valence-electron chi connectivity index (χ0n) is 11.0. The van der Waals surface area contributed by atoms with Crippen molar-refractivity contribution in [1.29, 1.82) is 0 Å². The first-order chi connectivity index (χ1) is 9.92. The molecule has 1 aromatic heterocycles. The molecule has 0 spiro atoms. The Morgan fingerprint density at radius 1 is 0.700 bits per heavy atom. The topological polar surface area (TPSA) is 0 Å². The summed E-state index contributed by atoms with van der Waals surface area (Å²) in [5, 5.41) is 7.57. The lowest BCUT2D eigenvalue weighted by atomic mass is 9.94. The van der Waals surface area contributed by atoms with E-state index in [0.717, 1.165) is 6.42 Å². The van der Waals surface area contributed by atoms with Gasteiger partial charge in [-0.1, -0.05) is 54.6 Å². The van der Waals surface area contributed by atoms with Crippen LogP contribution in [0.4, 0.5) is 0 Å². The van der Waals surface area contributed by atoms with E-state index in [9.17, 15) is 0 Å². The van der Waals surface area contributed by atoms with Gasteiger partial charge >= 0.3 is 0 Å². The standard InChI is InChI=1S/C19H14S/c1-3-9-17-14(6-1)12-15-7-2-4-10-18(15)19(17)13-16-8-5-11-20-16/h1-12H,13H2. The van der Waals surface area contributed by atoms with Crippen molar-refractivity contribution in [3.63, 3.8) is 0 Å². The summed E-state index contributed by atoms with van der Waals surface area (Å²) in [5.41, 5.74) is 1.45. The molecule has 0 aliphatic carbocycles. The van der Waals surface area contributed by atoms with Crippen LogP contribution < -0.4 is 0 Å². The summed E-state index contributed by atoms with van der Waals surface area (Å²) in [7, 11) is 0. The Morgan fingerprint density at radius 2 is 1.35 bits per heavy atom. The summed E-state index contributed by atoms with van der Waals surface area (Å²) >= 11 is 1.83. The molecule has 4 aromatic rings. The molecule has 0 aliphatic heterocycles. The van der Waals surface area contributed by atoms with Gasteiger partial charge in [0.1, 0.15) is 0 Å². The fourth-order valence-corrected chi connectivity index (χ4v) is 3.60. The summed E-state index contributed by atoms with van der Waals surface area (Å²) in [6, 6.07) is 24.0. The fraction of sp³-hybridized carbons (Fsp3) is 0.0526. The van der Waals surface area contributed by atoms with Gasteiger partial charge in [-0.3, -0.25) is 0 Å². The van der Waals surface area contributed by atoms with Crippen LogP contribution >= 0.6 is 11.3 Å². The SMILES string of the molecule is c1csc(Cc2c3ccccc3cc3ccccc23)c1. The Morgan fingerprint density at radius 3 is 1.95 bits per heavy atom. The van der Waals surface area contributed by atoms with Crippen LogP contribution in [0.3, 0.4) is 0 Å². The molecular weight excluding hydrogens is 260 g/mol. The molecular formula is C19H14S. The van der Waals surface area contributed by atoms with E-state index in [0.29, 0.717) is 0 Å². The summed E-state index contributed by atoms with van der Waals surface area (Å²) in [4.78, 5) is 1.42. The Bertz CT molecular complexity index is 819. The Kier molecular flexibility index (Phi) is 2.79. The maximum Gasteiger partial charge on any atom is 0.00894 e. The molecule has 0 saturated carbocycles. The third-order valence-corrected chi connectivity index (χ3v) is 4.69. The lowest BCUT2D eigenvalue weighted by molar-refractivity contribution is 1.29. The minimum atomic E-state index is 1.01. The molecule has 0 bridgehead atoms. The lowest BCUT2D eigenvalue weighted by Crippen LogP contribution is -1.90. The van der Waals surface area contributed by atoms with E-state index < -0.39 is 0 Å². The Hall–Kier alpha value is -2.12. The zero-order chi connectivity index (χ0) is 13.4. The predicted molar refractivity (Wildman–Crippen MR) is 88.6 cm³/mol. The minimum Gasteiger partial charge on any atom is -0.149 e. The van der Waals surface area contributed by atoms with Crippen molar-refractivity contribution in [3.8, 4) is 0 Å². The van der Waals surface area contributed by atoms with E-state index >= 15 is 0 Å². The molecule has 0 nitrogen and oxygen atoms in total. The smallest absolute Gasteiger partial charge is 0.00894 e. The van der Waals surface area contributed by atoms with E-state index in [2.05, 4.69) is 72.1 Å². The first-order valence-electron chi connectivity index (χ1n) is 6.83. The van der Waals surface area contributed by atoms with E-state index in [1.807, 2.05) is 11.3 Å². The molecule has 20 heavy (non-hydrogen) atoms. The molecule has 0 amide bonds. The van der Waals surface area contributed by atoms with Crippen LogP contribution in [-0.4, -0.2) is 0 Å². The first-order valence-corrected chi connectivity index (χ1v) is 7.71. The summed E-state index contributed by atoms with van der Waals surface area (Å²) < 4.78 is 0. The Labute approximate surface area is 122 Å². The van der Waals surface area contributed by atoms with E-state index in [1.165, 1.54) is 32.0 Å². The van der Waals surface area contributed by atoms with Gasteiger partial charge in [0, 0.05) is 11.3 Å². The van der Waals surface area contributed by atoms with E-state index in [-0.39, 0.29) is 0 Å². The molecule has 0 atom stereocenters. The van der Waals surface area contributed by atoms with Crippen molar-refractivity contribution >= 4 is 32.9 Å². The summed E-state index contributed by atoms with van der Waals surface area (Å²) in [6.45, 7) is 0. The van der Waals surface area contributed by atoms with Gasteiger partial charge in [-0.05, 0) is 44.6 Å². The second-order valence-electron chi connectivity index (χ2n) is 5.05. The number of hydrogen-bond donors (Lipinski definition) is 0. The number of hydrogen-bond acceptors (Lipinski definition) is 1. The monoisotopic (exact) mass is 274 g/mol. The minimum absolute atomic E-state index is 1.01. The average Bonchev–Trinajstić information content (AvgIpc) is 3.00. The lowest BCUT2D eigenvalue weighted by Gasteiger charge is -2.10. The van der Waals surface area contributed by atoms with Gasteiger partial charge in [0.05, 0.1) is 0 Å². The van der Waals surface area contributed by atoms with Gasteiger partial charge in [-0.25, -0.2) is 0 Å². The zero-order valence-corrected chi connectivity index (χ0v) is 11.9. The highest BCUT2D eigenvalue weighted by Crippen LogP contribution is 2.31. The highest BCUT2D eigenvalue weighted by Gasteiger charge is 2.08. The molecule has 1 heterocycles. The quantitative estimate of drug-likeness (QED) is 0.415. The molecule has 0 fully saturated rings. The number of fused-ring (bicyclic) bond motifs is 2. The second-order valence-corrected chi connectivity index (χ2v) is 6.09. The summed E-state index contributed by atoms with van der Waals surface area (Å²) in [6.07, 6.45) is 1.01. The highest BCUT2D eigenvalue weighted by molar-refractivity contribution is 7.09. The third-order valence-electron chi connectivity index (χ3n) is 3.81. The highest BCUT2D eigenvalue weighted by atomic mass is 32.1. The second kappa shape index (κ2) is 4.77. The van der Waals surface area contributed by atoms with Gasteiger partial charge in [0.15, 0.2) is 0 Å². The van der Waals surface area contributed by atoms with Crippen molar-refractivity contribution < 1.29 is 0 Å². The fourth-order valence-electron chi connectivity index (χ4n) is 2.89. The maximum absolute atomic E-state index is 2.29. The average molecular weight is 274 g/mol. The molecule has 0 aliphatic rings. The predicted octanol–water partition coefficient (Wildman–Crippen LogP) is 5.65. The van der Waals surface area contributed by atoms with Crippen molar-refractivity contribution in [3.05, 3.63) is 82.6 Å². The van der Waals surface area contributed by atoms with E-state index in [4.69, 9.17) is 0 Å². The largest absolute Gasteiger partial charge is 0.149 e. The molecule has 0 N–H and O–H groups in total. The summed E-state index contributed by atoms with van der Waals surface area (Å²) in [5.74, 6) is 0. The van der Waals surface area contributed by atoms with Gasteiger partial charge in [0.2, 0.25) is 0 Å². The molecule has 0 unspecified atom stereocenters. The van der Waals surface area contributed by atoms with Crippen molar-refractivity contribution in [1.82, 2.24) is 0 Å². The van der Waals surface area contributed by atoms with Crippen molar-refractivity contribution in [2.75, 3.05) is 0 Å². The van der Waals surface area contributed by atoms with Crippen LogP contribution in [0.25, 0.3) is 21.5 Å². The van der Waals surface area contributed by atoms with Gasteiger partial charge in [-0.2, -0.15) is 0 Å². The maximum atomic E-state index is 2.29. The Balaban J connectivity index is 2.06. The van der Waals surface area contributed by atoms with Crippen LogP contribution in [0.5, 0.6) is 0 Å². The molecule has 0 radical (unpaired) electrons. The molecule has 0 saturated heterocycles. The van der Waals surface area contributed by atoms with Gasteiger partial charge < -0.3 is 0 Å². The molecule has 3 aromatic carbocycles. The van der Waals surface area contributed by atoms with Crippen LogP contribution in [-0.2, 0) is 6.42 Å². The van der Waals surface area contributed by atoms with Gasteiger partial charge in [0.25, 0.3) is 0 Å². The number of thiophene rings is 1. The normalized spacial score (nSPS) is 11.2. The molecule has 96 valence electrons. The van der Waals surface area contributed by atoms with Crippen LogP contribution in [0.2, 0.25) is 0 Å². The third kappa shape index (κ3) is 1.91. The first kappa shape index (κ1) is 11.7. The molecule has 1 heteroatoms. The van der Waals surface area contributed by atoms with Crippen LogP contribution in [0.15, 0.2) is 72.1 Å². The van der Waals surface area contributed by atoms with Crippen LogP contribution in [0, 0.1) is 0 Å². The van der Waals surface area contributed by atoms with E-state index in [1.54, 1.807) is 0 Å². The number of benzene rings is 3. The molecule has 4 rings (SSSR count). The van der Waals surface area contributed by atoms with Crippen LogP contribution in [0.1, 0.15) is 10.4 Å². The number of rotatable bonds is 2. The van der Waals surface area contributed by atoms with Crippen molar-refractivity contribution in [2.24, 2.45) is 0 Å².